The number of piperidine rings is 1. The summed E-state index contributed by atoms with van der Waals surface area (Å²) in [7, 11) is -1.83. The number of hydrogen-bond donors (Lipinski definition) is 1. The quantitative estimate of drug-likeness (QED) is 0.903. The molecule has 0 radical (unpaired) electrons. The number of anilines is 1. The van der Waals surface area contributed by atoms with Gasteiger partial charge in [0.2, 0.25) is 10.0 Å². The van der Waals surface area contributed by atoms with Crippen LogP contribution in [0.1, 0.15) is 35.2 Å². The van der Waals surface area contributed by atoms with Crippen LogP contribution in [0, 0.1) is 6.92 Å². The lowest BCUT2D eigenvalue weighted by molar-refractivity contribution is 0.102. The number of amides is 1. The van der Waals surface area contributed by atoms with Crippen molar-refractivity contribution in [2.75, 3.05) is 18.4 Å². The van der Waals surface area contributed by atoms with Crippen LogP contribution in [0.15, 0.2) is 35.4 Å². The second kappa shape index (κ2) is 6.97. The summed E-state index contributed by atoms with van der Waals surface area (Å²) in [5.74, 6) is 0.0438. The zero-order valence-electron chi connectivity index (χ0n) is 14.4. The van der Waals surface area contributed by atoms with E-state index in [1.165, 1.54) is 10.4 Å². The zero-order chi connectivity index (χ0) is 18.0. The van der Waals surface area contributed by atoms with Gasteiger partial charge in [-0.2, -0.15) is 9.40 Å². The summed E-state index contributed by atoms with van der Waals surface area (Å²) in [6, 6.07) is 6.43. The van der Waals surface area contributed by atoms with Gasteiger partial charge in [0.15, 0.2) is 5.82 Å². The molecule has 0 unspecified atom stereocenters. The van der Waals surface area contributed by atoms with E-state index in [1.807, 2.05) is 0 Å². The molecule has 8 heteroatoms. The van der Waals surface area contributed by atoms with Crippen LogP contribution in [-0.4, -0.2) is 41.5 Å². The number of sulfonamides is 1. The highest BCUT2D eigenvalue weighted by atomic mass is 32.2. The summed E-state index contributed by atoms with van der Waals surface area (Å²) in [4.78, 5) is 12.6. The molecule has 3 rings (SSSR count). The highest BCUT2D eigenvalue weighted by Gasteiger charge is 2.28. The maximum atomic E-state index is 12.9. The molecule has 1 aromatic carbocycles. The molecule has 1 fully saturated rings. The van der Waals surface area contributed by atoms with Crippen LogP contribution >= 0.6 is 0 Å². The monoisotopic (exact) mass is 362 g/mol. The number of nitrogens with zero attached hydrogens (tertiary/aromatic N) is 3. The van der Waals surface area contributed by atoms with Crippen LogP contribution in [0.5, 0.6) is 0 Å². The van der Waals surface area contributed by atoms with E-state index in [-0.39, 0.29) is 10.8 Å². The van der Waals surface area contributed by atoms with Gasteiger partial charge in [0.25, 0.3) is 5.91 Å². The summed E-state index contributed by atoms with van der Waals surface area (Å²) in [6.07, 6.45) is 4.52. The largest absolute Gasteiger partial charge is 0.305 e. The third kappa shape index (κ3) is 3.74. The van der Waals surface area contributed by atoms with Gasteiger partial charge in [0.1, 0.15) is 0 Å². The Labute approximate surface area is 147 Å². The highest BCUT2D eigenvalue weighted by molar-refractivity contribution is 7.89. The minimum absolute atomic E-state index is 0.197. The number of carbonyl (C=O) groups is 1. The van der Waals surface area contributed by atoms with Crippen molar-refractivity contribution in [3.8, 4) is 0 Å². The number of benzene rings is 1. The van der Waals surface area contributed by atoms with E-state index in [2.05, 4.69) is 10.4 Å². The zero-order valence-corrected chi connectivity index (χ0v) is 15.2. The van der Waals surface area contributed by atoms with Crippen LogP contribution in [0.4, 0.5) is 5.82 Å². The average Bonchev–Trinajstić information content (AvgIpc) is 3.00. The van der Waals surface area contributed by atoms with E-state index in [0.29, 0.717) is 30.0 Å². The Bertz CT molecular complexity index is 883. The van der Waals surface area contributed by atoms with Gasteiger partial charge in [-0.05, 0) is 37.5 Å². The lowest BCUT2D eigenvalue weighted by Gasteiger charge is -2.26. The smallest absolute Gasteiger partial charge is 0.256 e. The Kier molecular flexibility index (Phi) is 4.91. The summed E-state index contributed by atoms with van der Waals surface area (Å²) >= 11 is 0. The van der Waals surface area contributed by atoms with Crippen molar-refractivity contribution < 1.29 is 13.2 Å². The number of rotatable bonds is 4. The molecule has 1 aliphatic rings. The van der Waals surface area contributed by atoms with Gasteiger partial charge in [-0.1, -0.05) is 12.5 Å². The first kappa shape index (κ1) is 17.6. The number of hydrogen-bond acceptors (Lipinski definition) is 4. The standard InChI is InChI=1S/C17H22N4O3S/c1-13-6-7-14(17(22)18-16-8-11-20(2)19-16)12-15(13)25(23,24)21-9-4-3-5-10-21/h6-8,11-12H,3-5,9-10H2,1-2H3,(H,18,19,22). The molecule has 1 amide bonds. The third-order valence-electron chi connectivity index (χ3n) is 4.34. The molecule has 0 saturated carbocycles. The normalized spacial score (nSPS) is 15.9. The Morgan fingerprint density at radius 2 is 1.88 bits per heavy atom. The molecule has 0 spiro atoms. The van der Waals surface area contributed by atoms with Crippen LogP contribution in [-0.2, 0) is 17.1 Å². The van der Waals surface area contributed by atoms with Gasteiger partial charge >= 0.3 is 0 Å². The molecule has 1 saturated heterocycles. The Morgan fingerprint density at radius 3 is 2.52 bits per heavy atom. The van der Waals surface area contributed by atoms with Gasteiger partial charge in [-0.3, -0.25) is 9.48 Å². The minimum Gasteiger partial charge on any atom is -0.305 e. The summed E-state index contributed by atoms with van der Waals surface area (Å²) in [5.41, 5.74) is 0.937. The second-order valence-corrected chi connectivity index (χ2v) is 8.18. The van der Waals surface area contributed by atoms with E-state index >= 15 is 0 Å². The lowest BCUT2D eigenvalue weighted by Crippen LogP contribution is -2.36. The molecule has 1 aliphatic heterocycles. The first-order valence-corrected chi connectivity index (χ1v) is 9.74. The SMILES string of the molecule is Cc1ccc(C(=O)Nc2ccn(C)n2)cc1S(=O)(=O)N1CCCCC1. The van der Waals surface area contributed by atoms with E-state index < -0.39 is 10.0 Å². The van der Waals surface area contributed by atoms with Gasteiger partial charge in [-0.15, -0.1) is 0 Å². The number of carbonyl (C=O) groups excluding carboxylic acids is 1. The predicted octanol–water partition coefficient (Wildman–Crippen LogP) is 2.16. The van der Waals surface area contributed by atoms with E-state index in [4.69, 9.17) is 0 Å². The molecule has 0 bridgehead atoms. The van der Waals surface area contributed by atoms with Crippen molar-refractivity contribution in [2.45, 2.75) is 31.1 Å². The Balaban J connectivity index is 1.88. The summed E-state index contributed by atoms with van der Waals surface area (Å²) in [6.45, 7) is 2.82. The average molecular weight is 362 g/mol. The predicted molar refractivity (Wildman–Crippen MR) is 95.0 cm³/mol. The molecule has 0 aliphatic carbocycles. The fraction of sp³-hybridized carbons (Fsp3) is 0.412. The van der Waals surface area contributed by atoms with E-state index in [9.17, 15) is 13.2 Å². The van der Waals surface area contributed by atoms with Crippen molar-refractivity contribution in [3.63, 3.8) is 0 Å². The van der Waals surface area contributed by atoms with Crippen molar-refractivity contribution >= 4 is 21.7 Å². The van der Waals surface area contributed by atoms with Crippen molar-refractivity contribution in [1.82, 2.24) is 14.1 Å². The number of nitrogens with one attached hydrogen (secondary N) is 1. The fourth-order valence-corrected chi connectivity index (χ4v) is 4.70. The van der Waals surface area contributed by atoms with Crippen molar-refractivity contribution in [1.29, 1.82) is 0 Å². The molecular formula is C17H22N4O3S. The van der Waals surface area contributed by atoms with Gasteiger partial charge < -0.3 is 5.32 Å². The van der Waals surface area contributed by atoms with Crippen LogP contribution < -0.4 is 5.32 Å². The van der Waals surface area contributed by atoms with Gasteiger partial charge in [0.05, 0.1) is 4.90 Å². The summed E-state index contributed by atoms with van der Waals surface area (Å²) < 4.78 is 28.9. The minimum atomic E-state index is -3.58. The highest BCUT2D eigenvalue weighted by Crippen LogP contribution is 2.24. The molecular weight excluding hydrogens is 340 g/mol. The lowest BCUT2D eigenvalue weighted by atomic mass is 10.1. The van der Waals surface area contributed by atoms with Gasteiger partial charge in [0, 0.05) is 38.0 Å². The number of aryl methyl sites for hydroxylation is 2. The third-order valence-corrected chi connectivity index (χ3v) is 6.38. The molecule has 0 atom stereocenters. The molecule has 2 heterocycles. The molecule has 134 valence electrons. The maximum absolute atomic E-state index is 12.9. The molecule has 1 aromatic heterocycles. The number of aromatic nitrogens is 2. The topological polar surface area (TPSA) is 84.3 Å². The van der Waals surface area contributed by atoms with E-state index in [0.717, 1.165) is 19.3 Å². The fourth-order valence-electron chi connectivity index (χ4n) is 2.93. The molecule has 1 N–H and O–H groups in total. The summed E-state index contributed by atoms with van der Waals surface area (Å²) in [5, 5.41) is 6.77. The van der Waals surface area contributed by atoms with Crippen LogP contribution in [0.25, 0.3) is 0 Å². The van der Waals surface area contributed by atoms with Gasteiger partial charge in [-0.25, -0.2) is 8.42 Å². The Hall–Kier alpha value is -2.19. The van der Waals surface area contributed by atoms with E-state index in [1.54, 1.807) is 43.0 Å². The molecule has 25 heavy (non-hydrogen) atoms. The first-order valence-electron chi connectivity index (χ1n) is 8.30. The Morgan fingerprint density at radius 1 is 1.16 bits per heavy atom. The molecule has 7 nitrogen and oxygen atoms in total. The van der Waals surface area contributed by atoms with Crippen LogP contribution in [0.2, 0.25) is 0 Å². The van der Waals surface area contributed by atoms with Crippen molar-refractivity contribution in [2.24, 2.45) is 7.05 Å². The van der Waals surface area contributed by atoms with Crippen molar-refractivity contribution in [3.05, 3.63) is 41.6 Å². The molecule has 2 aromatic rings. The van der Waals surface area contributed by atoms with Crippen LogP contribution in [0.3, 0.4) is 0 Å². The maximum Gasteiger partial charge on any atom is 0.256 e. The first-order chi connectivity index (χ1) is 11.9. The second-order valence-electron chi connectivity index (χ2n) is 6.27.